The molecule has 0 aliphatic rings. The van der Waals surface area contributed by atoms with E-state index in [2.05, 4.69) is 0 Å². The van der Waals surface area contributed by atoms with Gasteiger partial charge < -0.3 is 5.11 Å². The van der Waals surface area contributed by atoms with Crippen molar-refractivity contribution in [2.24, 2.45) is 0 Å². The molecule has 11 heavy (non-hydrogen) atoms. The molecule has 0 aromatic heterocycles. The van der Waals surface area contributed by atoms with E-state index in [0.29, 0.717) is 15.6 Å². The maximum Gasteiger partial charge on any atom is 0.121 e. The topological polar surface area (TPSA) is 20.2 Å². The van der Waals surface area contributed by atoms with Crippen LogP contribution in [0.3, 0.4) is 0 Å². The van der Waals surface area contributed by atoms with Crippen molar-refractivity contribution in [2.75, 3.05) is 0 Å². The van der Waals surface area contributed by atoms with Gasteiger partial charge in [-0.2, -0.15) is 0 Å². The third kappa shape index (κ3) is 1.73. The quantitative estimate of drug-likeness (QED) is 0.706. The Morgan fingerprint density at radius 1 is 1.27 bits per heavy atom. The van der Waals surface area contributed by atoms with Gasteiger partial charge in [0.05, 0.1) is 15.9 Å². The monoisotopic (exact) mass is 210 g/mol. The van der Waals surface area contributed by atoms with Crippen LogP contribution in [0.2, 0.25) is 10.0 Å². The molecule has 1 aromatic carbocycles. The lowest BCUT2D eigenvalue weighted by molar-refractivity contribution is 0.470. The van der Waals surface area contributed by atoms with Crippen molar-refractivity contribution in [1.29, 1.82) is 0 Å². The fraction of sp³-hybridized carbons (Fsp3) is 0.143. The molecule has 0 aliphatic heterocycles. The molecule has 0 saturated carbocycles. The summed E-state index contributed by atoms with van der Waals surface area (Å²) in [5.41, 5.74) is 0.473. The van der Waals surface area contributed by atoms with Crippen LogP contribution in [0.1, 0.15) is 5.56 Å². The molecule has 60 valence electrons. The third-order valence-corrected chi connectivity index (χ3v) is 2.42. The lowest BCUT2D eigenvalue weighted by Gasteiger charge is -2.03. The summed E-state index contributed by atoms with van der Waals surface area (Å²) in [6.07, 6.45) is 0. The maximum absolute atomic E-state index is 9.19. The number of benzene rings is 1. The van der Waals surface area contributed by atoms with Crippen molar-refractivity contribution >= 4 is 34.8 Å². The minimum absolute atomic E-state index is 0.0781. The summed E-state index contributed by atoms with van der Waals surface area (Å²) in [5.74, 6) is 0.236. The molecule has 0 atom stereocenters. The smallest absolute Gasteiger partial charge is 0.121 e. The molecule has 0 spiro atoms. The number of alkyl halides is 1. The molecule has 1 nitrogen and oxygen atoms in total. The van der Waals surface area contributed by atoms with E-state index in [1.54, 1.807) is 0 Å². The fourth-order valence-corrected chi connectivity index (χ4v) is 1.45. The SMILES string of the molecule is Oc1ccc(Cl)c(Cl)c1CCl. The predicted octanol–water partition coefficient (Wildman–Crippen LogP) is 3.44. The van der Waals surface area contributed by atoms with Gasteiger partial charge in [-0.25, -0.2) is 0 Å². The average molecular weight is 211 g/mol. The van der Waals surface area contributed by atoms with E-state index >= 15 is 0 Å². The number of phenolic OH excluding ortho intramolecular Hbond substituents is 1. The normalized spacial score (nSPS) is 10.1. The number of phenols is 1. The molecule has 0 fully saturated rings. The van der Waals surface area contributed by atoms with E-state index in [-0.39, 0.29) is 11.6 Å². The summed E-state index contributed by atoms with van der Waals surface area (Å²) in [4.78, 5) is 0. The van der Waals surface area contributed by atoms with Crippen LogP contribution in [-0.4, -0.2) is 5.11 Å². The second-order valence-electron chi connectivity index (χ2n) is 1.99. The van der Waals surface area contributed by atoms with Gasteiger partial charge in [0.25, 0.3) is 0 Å². The van der Waals surface area contributed by atoms with Gasteiger partial charge in [0.1, 0.15) is 5.75 Å². The third-order valence-electron chi connectivity index (χ3n) is 1.30. The molecular formula is C7H5Cl3O. The highest BCUT2D eigenvalue weighted by molar-refractivity contribution is 6.43. The van der Waals surface area contributed by atoms with Gasteiger partial charge >= 0.3 is 0 Å². The number of hydrogen-bond donors (Lipinski definition) is 1. The molecule has 1 rings (SSSR count). The molecule has 0 radical (unpaired) electrons. The largest absolute Gasteiger partial charge is 0.508 e. The van der Waals surface area contributed by atoms with Gasteiger partial charge in [-0.1, -0.05) is 23.2 Å². The van der Waals surface area contributed by atoms with Gasteiger partial charge in [-0.15, -0.1) is 11.6 Å². The Balaban J connectivity index is 3.29. The minimum atomic E-state index is 0.0781. The first-order valence-corrected chi connectivity index (χ1v) is 4.17. The minimum Gasteiger partial charge on any atom is -0.508 e. The summed E-state index contributed by atoms with van der Waals surface area (Å²) >= 11 is 16.9. The number of rotatable bonds is 1. The van der Waals surface area contributed by atoms with Crippen molar-refractivity contribution in [3.8, 4) is 5.75 Å². The zero-order chi connectivity index (χ0) is 8.43. The van der Waals surface area contributed by atoms with E-state index in [4.69, 9.17) is 34.8 Å². The molecule has 0 saturated heterocycles. The van der Waals surface area contributed by atoms with Crippen LogP contribution < -0.4 is 0 Å². The number of aromatic hydroxyl groups is 1. The van der Waals surface area contributed by atoms with E-state index in [0.717, 1.165) is 0 Å². The number of hydrogen-bond acceptors (Lipinski definition) is 1. The van der Waals surface area contributed by atoms with E-state index in [1.165, 1.54) is 12.1 Å². The second-order valence-corrected chi connectivity index (χ2v) is 3.05. The number of halogens is 3. The van der Waals surface area contributed by atoms with Gasteiger partial charge in [0, 0.05) is 5.56 Å². The van der Waals surface area contributed by atoms with Gasteiger partial charge in [0.2, 0.25) is 0 Å². The first-order chi connectivity index (χ1) is 5.16. The first kappa shape index (κ1) is 8.98. The first-order valence-electron chi connectivity index (χ1n) is 2.88. The average Bonchev–Trinajstić information content (AvgIpc) is 1.99. The van der Waals surface area contributed by atoms with E-state index < -0.39 is 0 Å². The van der Waals surface area contributed by atoms with Crippen LogP contribution in [0.4, 0.5) is 0 Å². The zero-order valence-corrected chi connectivity index (χ0v) is 7.71. The highest BCUT2D eigenvalue weighted by atomic mass is 35.5. The highest BCUT2D eigenvalue weighted by Gasteiger charge is 2.07. The van der Waals surface area contributed by atoms with Crippen molar-refractivity contribution in [3.63, 3.8) is 0 Å². The molecule has 0 heterocycles. The van der Waals surface area contributed by atoms with Crippen molar-refractivity contribution in [2.45, 2.75) is 5.88 Å². The molecule has 0 unspecified atom stereocenters. The standard InChI is InChI=1S/C7H5Cl3O/c8-3-4-6(11)2-1-5(9)7(4)10/h1-2,11H,3H2. The fourth-order valence-electron chi connectivity index (χ4n) is 0.710. The molecule has 4 heteroatoms. The van der Waals surface area contributed by atoms with Crippen LogP contribution >= 0.6 is 34.8 Å². The van der Waals surface area contributed by atoms with E-state index in [9.17, 15) is 5.11 Å². The summed E-state index contributed by atoms with van der Waals surface area (Å²) in [5, 5.41) is 9.91. The van der Waals surface area contributed by atoms with Crippen LogP contribution in [0.15, 0.2) is 12.1 Å². The lowest BCUT2D eigenvalue weighted by Crippen LogP contribution is -1.82. The van der Waals surface area contributed by atoms with Gasteiger partial charge in [-0.3, -0.25) is 0 Å². The Labute approximate surface area is 79.5 Å². The lowest BCUT2D eigenvalue weighted by atomic mass is 10.2. The maximum atomic E-state index is 9.19. The summed E-state index contributed by atoms with van der Waals surface area (Å²) in [6.45, 7) is 0. The Kier molecular flexibility index (Phi) is 2.88. The summed E-state index contributed by atoms with van der Waals surface area (Å²) < 4.78 is 0. The van der Waals surface area contributed by atoms with E-state index in [1.807, 2.05) is 0 Å². The summed E-state index contributed by atoms with van der Waals surface area (Å²) in [7, 11) is 0. The van der Waals surface area contributed by atoms with Crippen molar-refractivity contribution in [3.05, 3.63) is 27.7 Å². The Morgan fingerprint density at radius 3 is 2.36 bits per heavy atom. The molecule has 1 aromatic rings. The molecule has 0 aliphatic carbocycles. The van der Waals surface area contributed by atoms with Crippen LogP contribution in [0, 0.1) is 0 Å². The molecule has 0 bridgehead atoms. The van der Waals surface area contributed by atoms with Gasteiger partial charge in [-0.05, 0) is 12.1 Å². The van der Waals surface area contributed by atoms with Gasteiger partial charge in [0.15, 0.2) is 0 Å². The Morgan fingerprint density at radius 2 is 1.91 bits per heavy atom. The van der Waals surface area contributed by atoms with Crippen LogP contribution in [-0.2, 0) is 5.88 Å². The predicted molar refractivity (Wildman–Crippen MR) is 47.7 cm³/mol. The highest BCUT2D eigenvalue weighted by Crippen LogP contribution is 2.32. The van der Waals surface area contributed by atoms with Crippen LogP contribution in [0.25, 0.3) is 0 Å². The molecule has 1 N–H and O–H groups in total. The van der Waals surface area contributed by atoms with Crippen LogP contribution in [0.5, 0.6) is 5.75 Å². The second kappa shape index (κ2) is 3.53. The van der Waals surface area contributed by atoms with Crippen molar-refractivity contribution in [1.82, 2.24) is 0 Å². The molecular weight excluding hydrogens is 206 g/mol. The molecule has 0 amide bonds. The van der Waals surface area contributed by atoms with Crippen molar-refractivity contribution < 1.29 is 5.11 Å². The zero-order valence-electron chi connectivity index (χ0n) is 5.44. The summed E-state index contributed by atoms with van der Waals surface area (Å²) in [6, 6.07) is 2.99. The Hall–Kier alpha value is -0.110. The Bertz CT molecular complexity index is 273.